The van der Waals surface area contributed by atoms with Crippen molar-refractivity contribution in [3.63, 3.8) is 0 Å². The summed E-state index contributed by atoms with van der Waals surface area (Å²) in [5.41, 5.74) is -0.192. The topological polar surface area (TPSA) is 50.8 Å². The van der Waals surface area contributed by atoms with Crippen LogP contribution in [-0.4, -0.2) is 55.5 Å². The van der Waals surface area contributed by atoms with E-state index < -0.39 is 0 Å². The first-order valence-electron chi connectivity index (χ1n) is 7.40. The molecule has 0 aliphatic carbocycles. The average Bonchev–Trinajstić information content (AvgIpc) is 2.67. The van der Waals surface area contributed by atoms with Gasteiger partial charge in [-0.05, 0) is 32.6 Å². The van der Waals surface area contributed by atoms with Gasteiger partial charge in [0.05, 0.1) is 18.8 Å². The van der Waals surface area contributed by atoms with Crippen LogP contribution in [0.1, 0.15) is 39.5 Å². The van der Waals surface area contributed by atoms with E-state index in [0.29, 0.717) is 19.7 Å². The lowest BCUT2D eigenvalue weighted by Crippen LogP contribution is -2.55. The maximum atomic E-state index is 12.3. The SMILES string of the molecule is CC[C@]1(C)CN(C(=O)N[C@@H]2CCCOCC2)CCO1. The first-order valence-corrected chi connectivity index (χ1v) is 7.40. The molecular weight excluding hydrogens is 244 g/mol. The number of nitrogens with one attached hydrogen (secondary N) is 1. The molecule has 2 saturated heterocycles. The molecule has 0 aromatic rings. The number of carbonyl (C=O) groups is 1. The molecule has 2 rings (SSSR count). The Labute approximate surface area is 115 Å². The molecule has 2 fully saturated rings. The predicted molar refractivity (Wildman–Crippen MR) is 73.2 cm³/mol. The minimum absolute atomic E-state index is 0.0508. The fraction of sp³-hybridized carbons (Fsp3) is 0.929. The number of amides is 2. The lowest BCUT2D eigenvalue weighted by molar-refractivity contribution is -0.0874. The first kappa shape index (κ1) is 14.6. The summed E-state index contributed by atoms with van der Waals surface area (Å²) >= 11 is 0. The standard InChI is InChI=1S/C14H26N2O3/c1-3-14(2)11-16(7-10-19-14)13(17)15-12-5-4-8-18-9-6-12/h12H,3-11H2,1-2H3,(H,15,17)/t12-,14-/m1/s1. The quantitative estimate of drug-likeness (QED) is 0.832. The van der Waals surface area contributed by atoms with Crippen LogP contribution in [0.3, 0.4) is 0 Å². The van der Waals surface area contributed by atoms with Gasteiger partial charge in [0.15, 0.2) is 0 Å². The number of urea groups is 1. The van der Waals surface area contributed by atoms with Crippen molar-refractivity contribution in [3.05, 3.63) is 0 Å². The van der Waals surface area contributed by atoms with E-state index >= 15 is 0 Å². The molecular formula is C14H26N2O3. The van der Waals surface area contributed by atoms with Gasteiger partial charge in [0.2, 0.25) is 0 Å². The third-order valence-electron chi connectivity index (χ3n) is 4.15. The maximum absolute atomic E-state index is 12.3. The predicted octanol–water partition coefficient (Wildman–Crippen LogP) is 1.77. The summed E-state index contributed by atoms with van der Waals surface area (Å²) in [5.74, 6) is 0. The molecule has 2 heterocycles. The Bertz CT molecular complexity index is 303. The van der Waals surface area contributed by atoms with E-state index in [-0.39, 0.29) is 17.7 Å². The van der Waals surface area contributed by atoms with Crippen LogP contribution in [0.4, 0.5) is 4.79 Å². The molecule has 0 bridgehead atoms. The molecule has 2 atom stereocenters. The minimum atomic E-state index is -0.192. The number of carbonyl (C=O) groups excluding carboxylic acids is 1. The van der Waals surface area contributed by atoms with Crippen molar-refractivity contribution in [2.45, 2.75) is 51.2 Å². The number of ether oxygens (including phenoxy) is 2. The smallest absolute Gasteiger partial charge is 0.317 e. The Morgan fingerprint density at radius 1 is 1.37 bits per heavy atom. The maximum Gasteiger partial charge on any atom is 0.317 e. The fourth-order valence-electron chi connectivity index (χ4n) is 2.63. The average molecular weight is 270 g/mol. The van der Waals surface area contributed by atoms with Crippen LogP contribution in [-0.2, 0) is 9.47 Å². The van der Waals surface area contributed by atoms with Crippen LogP contribution in [0.15, 0.2) is 0 Å². The normalized spacial score (nSPS) is 32.7. The van der Waals surface area contributed by atoms with Gasteiger partial charge in [-0.15, -0.1) is 0 Å². The van der Waals surface area contributed by atoms with Crippen LogP contribution in [0, 0.1) is 0 Å². The van der Waals surface area contributed by atoms with Crippen molar-refractivity contribution in [1.82, 2.24) is 10.2 Å². The zero-order valence-corrected chi connectivity index (χ0v) is 12.1. The summed E-state index contributed by atoms with van der Waals surface area (Å²) in [6.07, 6.45) is 3.89. The summed E-state index contributed by atoms with van der Waals surface area (Å²) in [7, 11) is 0. The van der Waals surface area contributed by atoms with E-state index in [1.807, 2.05) is 4.90 Å². The number of nitrogens with zero attached hydrogens (tertiary/aromatic N) is 1. The van der Waals surface area contributed by atoms with Crippen molar-refractivity contribution in [1.29, 1.82) is 0 Å². The van der Waals surface area contributed by atoms with E-state index in [4.69, 9.17) is 9.47 Å². The first-order chi connectivity index (χ1) is 9.13. The van der Waals surface area contributed by atoms with Gasteiger partial charge >= 0.3 is 6.03 Å². The van der Waals surface area contributed by atoms with Gasteiger partial charge in [0.1, 0.15) is 0 Å². The Balaban J connectivity index is 1.84. The third-order valence-corrected chi connectivity index (χ3v) is 4.15. The highest BCUT2D eigenvalue weighted by Gasteiger charge is 2.33. The van der Waals surface area contributed by atoms with E-state index in [1.54, 1.807) is 0 Å². The van der Waals surface area contributed by atoms with Gasteiger partial charge < -0.3 is 19.7 Å². The number of hydrogen-bond acceptors (Lipinski definition) is 3. The molecule has 0 radical (unpaired) electrons. The highest BCUT2D eigenvalue weighted by Crippen LogP contribution is 2.21. The highest BCUT2D eigenvalue weighted by molar-refractivity contribution is 5.74. The molecule has 0 spiro atoms. The lowest BCUT2D eigenvalue weighted by atomic mass is 10.0. The molecule has 19 heavy (non-hydrogen) atoms. The van der Waals surface area contributed by atoms with E-state index in [9.17, 15) is 4.79 Å². The number of hydrogen-bond donors (Lipinski definition) is 1. The van der Waals surface area contributed by atoms with Crippen LogP contribution in [0.5, 0.6) is 0 Å². The van der Waals surface area contributed by atoms with E-state index in [1.165, 1.54) is 0 Å². The molecule has 2 aliphatic heterocycles. The second-order valence-corrected chi connectivity index (χ2v) is 5.76. The molecule has 5 heteroatoms. The molecule has 0 aromatic carbocycles. The van der Waals surface area contributed by atoms with Crippen LogP contribution >= 0.6 is 0 Å². The van der Waals surface area contributed by atoms with Crippen molar-refractivity contribution < 1.29 is 14.3 Å². The molecule has 0 saturated carbocycles. The summed E-state index contributed by atoms with van der Waals surface area (Å²) in [6, 6.07) is 0.306. The fourth-order valence-corrected chi connectivity index (χ4v) is 2.63. The summed E-state index contributed by atoms with van der Waals surface area (Å²) in [6.45, 7) is 7.74. The van der Waals surface area contributed by atoms with Gasteiger partial charge in [-0.1, -0.05) is 6.92 Å². The monoisotopic (exact) mass is 270 g/mol. The van der Waals surface area contributed by atoms with E-state index in [2.05, 4.69) is 19.2 Å². The van der Waals surface area contributed by atoms with Crippen molar-refractivity contribution in [2.24, 2.45) is 0 Å². The summed E-state index contributed by atoms with van der Waals surface area (Å²) in [5, 5.41) is 3.14. The minimum Gasteiger partial charge on any atom is -0.381 e. The Morgan fingerprint density at radius 3 is 3.00 bits per heavy atom. The highest BCUT2D eigenvalue weighted by atomic mass is 16.5. The van der Waals surface area contributed by atoms with Gasteiger partial charge in [0, 0.05) is 25.8 Å². The van der Waals surface area contributed by atoms with Crippen LogP contribution < -0.4 is 5.32 Å². The largest absolute Gasteiger partial charge is 0.381 e. The van der Waals surface area contributed by atoms with Crippen molar-refractivity contribution >= 4 is 6.03 Å². The van der Waals surface area contributed by atoms with Crippen molar-refractivity contribution in [3.8, 4) is 0 Å². The zero-order chi connectivity index (χ0) is 13.7. The number of rotatable bonds is 2. The Hall–Kier alpha value is -0.810. The molecule has 110 valence electrons. The van der Waals surface area contributed by atoms with Gasteiger partial charge in [0.25, 0.3) is 0 Å². The third kappa shape index (κ3) is 4.08. The summed E-state index contributed by atoms with van der Waals surface area (Å²) < 4.78 is 11.2. The van der Waals surface area contributed by atoms with Crippen molar-refractivity contribution in [2.75, 3.05) is 32.9 Å². The molecule has 2 aliphatic rings. The second kappa shape index (κ2) is 6.57. The number of morpholine rings is 1. The Kier molecular flexibility index (Phi) is 5.05. The van der Waals surface area contributed by atoms with Crippen LogP contribution in [0.25, 0.3) is 0 Å². The van der Waals surface area contributed by atoms with Gasteiger partial charge in [-0.25, -0.2) is 4.79 Å². The molecule has 1 N–H and O–H groups in total. The Morgan fingerprint density at radius 2 is 2.21 bits per heavy atom. The second-order valence-electron chi connectivity index (χ2n) is 5.76. The molecule has 2 amide bonds. The van der Waals surface area contributed by atoms with E-state index in [0.717, 1.165) is 38.9 Å². The molecule has 0 unspecified atom stereocenters. The lowest BCUT2D eigenvalue weighted by Gasteiger charge is -2.40. The molecule has 5 nitrogen and oxygen atoms in total. The zero-order valence-electron chi connectivity index (χ0n) is 12.1. The molecule has 0 aromatic heterocycles. The van der Waals surface area contributed by atoms with Gasteiger partial charge in [-0.2, -0.15) is 0 Å². The van der Waals surface area contributed by atoms with Gasteiger partial charge in [-0.3, -0.25) is 0 Å². The van der Waals surface area contributed by atoms with Crippen LogP contribution in [0.2, 0.25) is 0 Å². The summed E-state index contributed by atoms with van der Waals surface area (Å²) in [4.78, 5) is 14.2.